The monoisotopic (exact) mass is 253 g/mol. The zero-order chi connectivity index (χ0) is 13.2. The minimum Gasteiger partial charge on any atom is -0.329 e. The summed E-state index contributed by atoms with van der Waals surface area (Å²) in [7, 11) is 2.25. The van der Waals surface area contributed by atoms with Crippen LogP contribution in [0.4, 0.5) is 0 Å². The zero-order valence-corrected chi connectivity index (χ0v) is 12.5. The van der Waals surface area contributed by atoms with Crippen LogP contribution in [0, 0.1) is 5.92 Å². The van der Waals surface area contributed by atoms with E-state index in [1.807, 2.05) is 0 Å². The third-order valence-electron chi connectivity index (χ3n) is 5.08. The van der Waals surface area contributed by atoms with E-state index >= 15 is 0 Å². The summed E-state index contributed by atoms with van der Waals surface area (Å²) in [5, 5.41) is 0. The molecule has 0 radical (unpaired) electrons. The first-order valence-electron chi connectivity index (χ1n) is 7.76. The number of nitrogens with two attached hydrogens (primary N) is 1. The van der Waals surface area contributed by atoms with E-state index in [0.29, 0.717) is 6.04 Å². The maximum atomic E-state index is 6.21. The number of piperidine rings is 1. The summed E-state index contributed by atoms with van der Waals surface area (Å²) in [6, 6.07) is 0.667. The van der Waals surface area contributed by atoms with Gasteiger partial charge in [-0.1, -0.05) is 6.92 Å². The predicted octanol–water partition coefficient (Wildman–Crippen LogP) is 1.92. The van der Waals surface area contributed by atoms with Crippen molar-refractivity contribution in [2.45, 2.75) is 57.5 Å². The van der Waals surface area contributed by atoms with Crippen LogP contribution in [0.25, 0.3) is 0 Å². The fraction of sp³-hybridized carbons (Fsp3) is 1.00. The van der Waals surface area contributed by atoms with Gasteiger partial charge in [0.15, 0.2) is 0 Å². The zero-order valence-electron chi connectivity index (χ0n) is 12.5. The molecule has 1 saturated carbocycles. The fourth-order valence-corrected chi connectivity index (χ4v) is 3.42. The Balaban J connectivity index is 2.06. The number of rotatable bonds is 6. The van der Waals surface area contributed by atoms with Crippen LogP contribution < -0.4 is 5.73 Å². The van der Waals surface area contributed by atoms with E-state index in [9.17, 15) is 0 Å². The van der Waals surface area contributed by atoms with Gasteiger partial charge in [0.05, 0.1) is 0 Å². The smallest absolute Gasteiger partial charge is 0.0358 e. The van der Waals surface area contributed by atoms with E-state index in [1.54, 1.807) is 0 Å². The van der Waals surface area contributed by atoms with Gasteiger partial charge in [0, 0.05) is 24.7 Å². The normalized spacial score (nSPS) is 34.2. The molecule has 1 aliphatic carbocycles. The van der Waals surface area contributed by atoms with E-state index in [4.69, 9.17) is 5.73 Å². The molecule has 1 saturated heterocycles. The van der Waals surface area contributed by atoms with Crippen LogP contribution in [0.1, 0.15) is 46.0 Å². The molecule has 2 aliphatic rings. The molecule has 3 heteroatoms. The lowest BCUT2D eigenvalue weighted by Crippen LogP contribution is -2.61. The molecule has 0 bridgehead atoms. The highest BCUT2D eigenvalue weighted by Gasteiger charge is 2.42. The summed E-state index contributed by atoms with van der Waals surface area (Å²) in [5.41, 5.74) is 6.50. The summed E-state index contributed by atoms with van der Waals surface area (Å²) >= 11 is 0. The topological polar surface area (TPSA) is 32.5 Å². The van der Waals surface area contributed by atoms with Crippen molar-refractivity contribution in [2.24, 2.45) is 11.7 Å². The molecule has 106 valence electrons. The number of likely N-dealkylation sites (tertiary alicyclic amines) is 1. The second kappa shape index (κ2) is 5.89. The summed E-state index contributed by atoms with van der Waals surface area (Å²) in [5.74, 6) is 0.968. The van der Waals surface area contributed by atoms with Gasteiger partial charge < -0.3 is 10.6 Å². The third-order valence-corrected chi connectivity index (χ3v) is 5.08. The number of nitrogens with zero attached hydrogens (tertiary/aromatic N) is 2. The van der Waals surface area contributed by atoms with Gasteiger partial charge in [-0.05, 0) is 65.1 Å². The van der Waals surface area contributed by atoms with E-state index in [2.05, 4.69) is 30.7 Å². The molecule has 3 nitrogen and oxygen atoms in total. The first-order valence-corrected chi connectivity index (χ1v) is 7.76. The van der Waals surface area contributed by atoms with Gasteiger partial charge in [-0.25, -0.2) is 0 Å². The molecule has 0 amide bonds. The minimum absolute atomic E-state index is 0.282. The van der Waals surface area contributed by atoms with Crippen LogP contribution in [-0.4, -0.2) is 54.6 Å². The second-order valence-electron chi connectivity index (χ2n) is 6.60. The van der Waals surface area contributed by atoms with Crippen molar-refractivity contribution in [3.05, 3.63) is 0 Å². The van der Waals surface area contributed by atoms with E-state index in [1.165, 1.54) is 51.7 Å². The summed E-state index contributed by atoms with van der Waals surface area (Å²) < 4.78 is 0. The molecule has 2 atom stereocenters. The van der Waals surface area contributed by atoms with Crippen molar-refractivity contribution < 1.29 is 0 Å². The van der Waals surface area contributed by atoms with Crippen LogP contribution in [-0.2, 0) is 0 Å². The molecule has 2 rings (SSSR count). The molecule has 2 fully saturated rings. The molecular weight excluding hydrogens is 222 g/mol. The van der Waals surface area contributed by atoms with E-state index < -0.39 is 0 Å². The molecule has 0 aromatic heterocycles. The van der Waals surface area contributed by atoms with Crippen molar-refractivity contribution in [3.63, 3.8) is 0 Å². The van der Waals surface area contributed by atoms with Crippen LogP contribution in [0.15, 0.2) is 0 Å². The maximum Gasteiger partial charge on any atom is 0.0358 e. The Labute approximate surface area is 113 Å². The molecule has 0 spiro atoms. The van der Waals surface area contributed by atoms with Gasteiger partial charge in [0.1, 0.15) is 0 Å². The second-order valence-corrected chi connectivity index (χ2v) is 6.60. The average molecular weight is 253 g/mol. The first kappa shape index (κ1) is 14.3. The summed E-state index contributed by atoms with van der Waals surface area (Å²) in [6.07, 6.45) is 6.62. The molecule has 18 heavy (non-hydrogen) atoms. The Morgan fingerprint density at radius 2 is 2.11 bits per heavy atom. The quantitative estimate of drug-likeness (QED) is 0.785. The number of hydrogen-bond acceptors (Lipinski definition) is 3. The van der Waals surface area contributed by atoms with Crippen LogP contribution in [0.2, 0.25) is 0 Å². The summed E-state index contributed by atoms with van der Waals surface area (Å²) in [6.45, 7) is 9.19. The Hall–Kier alpha value is -0.120. The van der Waals surface area contributed by atoms with Gasteiger partial charge >= 0.3 is 0 Å². The lowest BCUT2D eigenvalue weighted by Gasteiger charge is -2.50. The molecule has 1 heterocycles. The Morgan fingerprint density at radius 3 is 2.61 bits per heavy atom. The van der Waals surface area contributed by atoms with Crippen LogP contribution in [0.5, 0.6) is 0 Å². The van der Waals surface area contributed by atoms with Gasteiger partial charge in [0.2, 0.25) is 0 Å². The Morgan fingerprint density at radius 1 is 1.39 bits per heavy atom. The minimum atomic E-state index is 0.282. The van der Waals surface area contributed by atoms with Crippen molar-refractivity contribution in [3.8, 4) is 0 Å². The van der Waals surface area contributed by atoms with E-state index in [-0.39, 0.29) is 5.54 Å². The van der Waals surface area contributed by atoms with Gasteiger partial charge in [0.25, 0.3) is 0 Å². The van der Waals surface area contributed by atoms with Gasteiger partial charge in [-0.15, -0.1) is 0 Å². The Kier molecular flexibility index (Phi) is 4.68. The molecule has 0 aromatic rings. The van der Waals surface area contributed by atoms with Crippen molar-refractivity contribution >= 4 is 0 Å². The van der Waals surface area contributed by atoms with Crippen molar-refractivity contribution in [1.82, 2.24) is 9.80 Å². The van der Waals surface area contributed by atoms with E-state index in [0.717, 1.165) is 12.5 Å². The SMILES string of the molecule is CCCN(CC1CC1)C1(CN)CCN(C)C(C)C1. The van der Waals surface area contributed by atoms with Crippen molar-refractivity contribution in [2.75, 3.05) is 33.2 Å². The molecule has 2 unspecified atom stereocenters. The fourth-order valence-electron chi connectivity index (χ4n) is 3.42. The highest BCUT2D eigenvalue weighted by molar-refractivity contribution is 4.99. The lowest BCUT2D eigenvalue weighted by molar-refractivity contribution is 0.00734. The van der Waals surface area contributed by atoms with Crippen molar-refractivity contribution in [1.29, 1.82) is 0 Å². The lowest BCUT2D eigenvalue weighted by atomic mass is 9.81. The highest BCUT2D eigenvalue weighted by Crippen LogP contribution is 2.36. The molecule has 1 aliphatic heterocycles. The van der Waals surface area contributed by atoms with Gasteiger partial charge in [-0.2, -0.15) is 0 Å². The standard InChI is InChI=1S/C15H31N3/c1-4-8-18(11-14-5-6-14)15(12-16)7-9-17(3)13(2)10-15/h13-14H,4-12,16H2,1-3H3. The predicted molar refractivity (Wildman–Crippen MR) is 77.7 cm³/mol. The van der Waals surface area contributed by atoms with Crippen LogP contribution >= 0.6 is 0 Å². The van der Waals surface area contributed by atoms with Gasteiger partial charge in [-0.3, -0.25) is 4.90 Å². The maximum absolute atomic E-state index is 6.21. The summed E-state index contributed by atoms with van der Waals surface area (Å²) in [4.78, 5) is 5.23. The molecule has 2 N–H and O–H groups in total. The third kappa shape index (κ3) is 3.06. The molecule has 0 aromatic carbocycles. The number of hydrogen-bond donors (Lipinski definition) is 1. The molecular formula is C15H31N3. The first-order chi connectivity index (χ1) is 8.61. The largest absolute Gasteiger partial charge is 0.329 e. The van der Waals surface area contributed by atoms with Crippen LogP contribution in [0.3, 0.4) is 0 Å². The Bertz CT molecular complexity index is 264. The average Bonchev–Trinajstić information content (AvgIpc) is 3.16. The highest BCUT2D eigenvalue weighted by atomic mass is 15.2.